The van der Waals surface area contributed by atoms with Gasteiger partial charge in [0.15, 0.2) is 9.84 Å². The fourth-order valence-corrected chi connectivity index (χ4v) is 6.79. The zero-order chi connectivity index (χ0) is 25.7. The topological polar surface area (TPSA) is 115 Å². The van der Waals surface area contributed by atoms with Crippen LogP contribution in [-0.4, -0.2) is 28.3 Å². The molecule has 2 heterocycles. The normalized spacial score (nSPS) is 14.6. The highest BCUT2D eigenvalue weighted by atomic mass is 32.2. The Labute approximate surface area is 209 Å². The van der Waals surface area contributed by atoms with Crippen molar-refractivity contribution in [3.8, 4) is 6.07 Å². The van der Waals surface area contributed by atoms with E-state index in [0.717, 1.165) is 9.57 Å². The molecule has 1 fully saturated rings. The van der Waals surface area contributed by atoms with Gasteiger partial charge in [0, 0.05) is 11.1 Å². The summed E-state index contributed by atoms with van der Waals surface area (Å²) < 4.78 is 42.0. The molecule has 8 nitrogen and oxygen atoms in total. The quantitative estimate of drug-likeness (QED) is 0.367. The van der Waals surface area contributed by atoms with Crippen molar-refractivity contribution < 1.29 is 12.8 Å². The van der Waals surface area contributed by atoms with E-state index in [-0.39, 0.29) is 34.6 Å². The molecular formula is C25H21FN4O4S2. The van der Waals surface area contributed by atoms with E-state index < -0.39 is 32.3 Å². The first-order valence-corrected chi connectivity index (χ1v) is 13.6. The molecule has 0 spiro atoms. The number of aromatic nitrogens is 3. The van der Waals surface area contributed by atoms with Gasteiger partial charge in [-0.25, -0.2) is 22.6 Å². The lowest BCUT2D eigenvalue weighted by atomic mass is 10.2. The van der Waals surface area contributed by atoms with Gasteiger partial charge in [-0.2, -0.15) is 5.26 Å². The van der Waals surface area contributed by atoms with Crippen molar-refractivity contribution in [1.29, 1.82) is 5.26 Å². The Kier molecular flexibility index (Phi) is 5.89. The van der Waals surface area contributed by atoms with Crippen molar-refractivity contribution in [3.05, 3.63) is 90.8 Å². The molecule has 2 aromatic heterocycles. The third-order valence-corrected chi connectivity index (χ3v) is 9.15. The zero-order valence-corrected chi connectivity index (χ0v) is 20.9. The average Bonchev–Trinajstić information content (AvgIpc) is 3.50. The van der Waals surface area contributed by atoms with Crippen LogP contribution in [0.25, 0.3) is 10.9 Å². The predicted molar refractivity (Wildman–Crippen MR) is 133 cm³/mol. The number of benzene rings is 2. The lowest BCUT2D eigenvalue weighted by Crippen LogP contribution is -2.40. The van der Waals surface area contributed by atoms with Gasteiger partial charge in [0.25, 0.3) is 5.56 Å². The van der Waals surface area contributed by atoms with Gasteiger partial charge in [0.1, 0.15) is 5.82 Å². The first kappa shape index (κ1) is 24.1. The minimum atomic E-state index is -3.84. The number of nitriles is 1. The molecule has 184 valence electrons. The summed E-state index contributed by atoms with van der Waals surface area (Å²) in [6.07, 6.45) is 2.64. The van der Waals surface area contributed by atoms with Crippen molar-refractivity contribution in [1.82, 2.24) is 14.1 Å². The summed E-state index contributed by atoms with van der Waals surface area (Å²) in [6, 6.07) is 11.8. The number of rotatable bonds is 7. The van der Waals surface area contributed by atoms with Crippen LogP contribution in [0.2, 0.25) is 0 Å². The first-order valence-electron chi connectivity index (χ1n) is 11.2. The third-order valence-electron chi connectivity index (χ3n) is 6.35. The second-order valence-corrected chi connectivity index (χ2v) is 12.4. The highest BCUT2D eigenvalue weighted by Crippen LogP contribution is 2.46. The van der Waals surface area contributed by atoms with Gasteiger partial charge < -0.3 is 0 Å². The summed E-state index contributed by atoms with van der Waals surface area (Å²) in [5, 5.41) is 10.2. The van der Waals surface area contributed by atoms with E-state index in [1.54, 1.807) is 18.3 Å². The Morgan fingerprint density at radius 3 is 2.44 bits per heavy atom. The highest BCUT2D eigenvalue weighted by Gasteiger charge is 2.47. The molecule has 0 N–H and O–H groups in total. The maximum absolute atomic E-state index is 13.5. The molecule has 4 aromatic rings. The predicted octanol–water partition coefficient (Wildman–Crippen LogP) is 3.24. The van der Waals surface area contributed by atoms with Crippen LogP contribution in [0.5, 0.6) is 0 Å². The summed E-state index contributed by atoms with van der Waals surface area (Å²) in [4.78, 5) is 31.8. The highest BCUT2D eigenvalue weighted by molar-refractivity contribution is 7.91. The molecule has 0 aliphatic heterocycles. The number of aryl methyl sites for hydroxylation is 1. The molecule has 0 saturated heterocycles. The van der Waals surface area contributed by atoms with Crippen molar-refractivity contribution in [2.24, 2.45) is 5.41 Å². The van der Waals surface area contributed by atoms with Crippen LogP contribution >= 0.6 is 11.3 Å². The number of halogens is 1. The number of hydrogen-bond acceptors (Lipinski definition) is 7. The largest absolute Gasteiger partial charge is 0.332 e. The van der Waals surface area contributed by atoms with Crippen LogP contribution in [0.15, 0.2) is 63.1 Å². The van der Waals surface area contributed by atoms with Crippen LogP contribution in [-0.2, 0) is 22.9 Å². The Hall–Kier alpha value is -3.62. The Morgan fingerprint density at radius 2 is 1.83 bits per heavy atom. The molecule has 1 aliphatic rings. The molecule has 0 bridgehead atoms. The molecule has 2 aromatic carbocycles. The van der Waals surface area contributed by atoms with Gasteiger partial charge in [-0.05, 0) is 55.7 Å². The minimum Gasteiger partial charge on any atom is -0.289 e. The number of hydrogen-bond donors (Lipinski definition) is 0. The van der Waals surface area contributed by atoms with E-state index in [1.165, 1.54) is 46.2 Å². The lowest BCUT2D eigenvalue weighted by molar-refractivity contribution is 0.583. The summed E-state index contributed by atoms with van der Waals surface area (Å²) in [7, 11) is -3.84. The molecule has 0 atom stereocenters. The fourth-order valence-electron chi connectivity index (χ4n) is 4.18. The molecule has 1 saturated carbocycles. The second kappa shape index (κ2) is 8.80. The third kappa shape index (κ3) is 4.50. The minimum absolute atomic E-state index is 0.0168. The van der Waals surface area contributed by atoms with Gasteiger partial charge in [0.2, 0.25) is 0 Å². The molecule has 36 heavy (non-hydrogen) atoms. The number of sulfone groups is 1. The van der Waals surface area contributed by atoms with Crippen LogP contribution in [0, 0.1) is 29.5 Å². The Bertz CT molecular complexity index is 1760. The van der Waals surface area contributed by atoms with Gasteiger partial charge in [-0.15, -0.1) is 11.3 Å². The van der Waals surface area contributed by atoms with Crippen molar-refractivity contribution in [2.75, 3.05) is 5.75 Å². The standard InChI is InChI=1S/C25H21FN4O4S2/c1-16-28-11-19(35-16)13-30-23(31)21-10-20(36(33,34)15-25(14-27)8-9-25)6-7-22(21)29(24(30)32)12-17-2-4-18(26)5-3-17/h2-7,10-11H,8-9,12-13,15H2,1H3. The van der Waals surface area contributed by atoms with Gasteiger partial charge in [-0.1, -0.05) is 12.1 Å². The lowest BCUT2D eigenvalue weighted by Gasteiger charge is -2.15. The van der Waals surface area contributed by atoms with Crippen molar-refractivity contribution >= 4 is 32.1 Å². The second-order valence-electron chi connectivity index (χ2n) is 9.06. The summed E-state index contributed by atoms with van der Waals surface area (Å²) in [6.45, 7) is 1.85. The van der Waals surface area contributed by atoms with Crippen molar-refractivity contribution in [3.63, 3.8) is 0 Å². The summed E-state index contributed by atoms with van der Waals surface area (Å²) >= 11 is 1.35. The van der Waals surface area contributed by atoms with Gasteiger partial charge in [0.05, 0.1) is 51.1 Å². The van der Waals surface area contributed by atoms with E-state index in [9.17, 15) is 27.7 Å². The molecule has 5 rings (SSSR count). The van der Waals surface area contributed by atoms with Crippen LogP contribution in [0.3, 0.4) is 0 Å². The molecular weight excluding hydrogens is 503 g/mol. The van der Waals surface area contributed by atoms with Gasteiger partial charge in [-0.3, -0.25) is 13.9 Å². The van der Waals surface area contributed by atoms with Crippen LogP contribution < -0.4 is 11.2 Å². The number of nitrogens with zero attached hydrogens (tertiary/aromatic N) is 4. The summed E-state index contributed by atoms with van der Waals surface area (Å²) in [5.41, 5.74) is -1.15. The van der Waals surface area contributed by atoms with Crippen LogP contribution in [0.1, 0.15) is 28.3 Å². The molecule has 0 radical (unpaired) electrons. The van der Waals surface area contributed by atoms with E-state index in [2.05, 4.69) is 11.1 Å². The van der Waals surface area contributed by atoms with Crippen molar-refractivity contribution in [2.45, 2.75) is 37.8 Å². The maximum Gasteiger partial charge on any atom is 0.332 e. The fraction of sp³-hybridized carbons (Fsp3) is 0.280. The van der Waals surface area contributed by atoms with E-state index in [0.29, 0.717) is 23.3 Å². The molecule has 11 heteroatoms. The van der Waals surface area contributed by atoms with E-state index >= 15 is 0 Å². The number of thiazole rings is 1. The Morgan fingerprint density at radius 1 is 1.11 bits per heavy atom. The van der Waals surface area contributed by atoms with E-state index in [4.69, 9.17) is 0 Å². The number of fused-ring (bicyclic) bond motifs is 1. The molecule has 1 aliphatic carbocycles. The zero-order valence-electron chi connectivity index (χ0n) is 19.3. The van der Waals surface area contributed by atoms with Crippen LogP contribution in [0.4, 0.5) is 4.39 Å². The first-order chi connectivity index (χ1) is 17.1. The average molecular weight is 525 g/mol. The SMILES string of the molecule is Cc1ncc(Cn2c(=O)c3cc(S(=O)(=O)CC4(C#N)CC4)ccc3n(Cc3ccc(F)cc3)c2=O)s1. The molecule has 0 unspecified atom stereocenters. The van der Waals surface area contributed by atoms with E-state index in [1.807, 2.05) is 6.92 Å². The maximum atomic E-state index is 13.5. The molecule has 0 amide bonds. The van der Waals surface area contributed by atoms with Gasteiger partial charge >= 0.3 is 5.69 Å². The monoisotopic (exact) mass is 524 g/mol. The Balaban J connectivity index is 1.68. The smallest absolute Gasteiger partial charge is 0.289 e. The summed E-state index contributed by atoms with van der Waals surface area (Å²) in [5.74, 6) is -0.729.